The number of phosphoric acid groups is 2. The molecule has 0 saturated heterocycles. The second kappa shape index (κ2) is 67.5. The molecule has 0 amide bonds. The van der Waals surface area contributed by atoms with Gasteiger partial charge in [0.25, 0.3) is 0 Å². The lowest BCUT2D eigenvalue weighted by atomic mass is 10.0. The van der Waals surface area contributed by atoms with Gasteiger partial charge in [-0.15, -0.1) is 0 Å². The molecule has 17 nitrogen and oxygen atoms in total. The molecule has 0 bridgehead atoms. The second-order valence-corrected chi connectivity index (χ2v) is 32.1. The highest BCUT2D eigenvalue weighted by atomic mass is 31.2. The molecule has 3 N–H and O–H groups in total. The number of hydrogen-bond donors (Lipinski definition) is 3. The summed E-state index contributed by atoms with van der Waals surface area (Å²) >= 11 is 0. The minimum atomic E-state index is -4.96. The van der Waals surface area contributed by atoms with E-state index in [1.54, 1.807) is 0 Å². The van der Waals surface area contributed by atoms with E-state index in [0.29, 0.717) is 25.7 Å². The predicted molar refractivity (Wildman–Crippen MR) is 391 cm³/mol. The normalized spacial score (nSPS) is 14.1. The Morgan fingerprint density at radius 1 is 0.281 bits per heavy atom. The summed E-state index contributed by atoms with van der Waals surface area (Å²) in [6, 6.07) is 0. The van der Waals surface area contributed by atoms with Crippen molar-refractivity contribution in [3.05, 3.63) is 0 Å². The summed E-state index contributed by atoms with van der Waals surface area (Å²) < 4.78 is 68.6. The maximum Gasteiger partial charge on any atom is 0.472 e. The van der Waals surface area contributed by atoms with Gasteiger partial charge in [-0.25, -0.2) is 9.13 Å². The summed E-state index contributed by atoms with van der Waals surface area (Å²) in [5.41, 5.74) is 0. The van der Waals surface area contributed by atoms with E-state index >= 15 is 0 Å². The van der Waals surface area contributed by atoms with Crippen LogP contribution in [0.3, 0.4) is 0 Å². The molecule has 0 aromatic heterocycles. The quantitative estimate of drug-likeness (QED) is 0.0222. The number of unbranched alkanes of at least 4 members (excludes halogenated alkanes) is 43. The minimum absolute atomic E-state index is 0.107. The van der Waals surface area contributed by atoms with Crippen LogP contribution in [0.5, 0.6) is 0 Å². The molecular formula is C77H150O17P2. The molecule has 96 heavy (non-hydrogen) atoms. The van der Waals surface area contributed by atoms with Crippen molar-refractivity contribution in [2.24, 2.45) is 17.8 Å². The average Bonchev–Trinajstić information content (AvgIpc) is 2.15. The molecule has 0 spiro atoms. The first kappa shape index (κ1) is 94.1. The van der Waals surface area contributed by atoms with Gasteiger partial charge < -0.3 is 33.8 Å². The van der Waals surface area contributed by atoms with Gasteiger partial charge in [-0.2, -0.15) is 0 Å². The zero-order valence-electron chi connectivity index (χ0n) is 62.8. The SMILES string of the molecule is CCCCCCCCCCCCCCCCCC(=O)O[C@H](COC(=O)CCCCCCCCCCC(C)C)COP(=O)(O)OC[C@H](O)COP(=O)(O)OC[C@@H](COC(=O)CCCCCCCCCCCCCCC(C)C)OC(=O)CCCCCCCCCCCCCCC(C)C. The van der Waals surface area contributed by atoms with Crippen LogP contribution in [-0.2, 0) is 65.4 Å². The molecule has 2 unspecified atom stereocenters. The molecule has 570 valence electrons. The number of esters is 4. The Morgan fingerprint density at radius 3 is 0.708 bits per heavy atom. The van der Waals surface area contributed by atoms with E-state index in [4.69, 9.17) is 37.0 Å². The standard InChI is InChI=1S/C77H150O17P2/c1-8-9-10-11-12-13-14-15-16-17-25-30-39-46-53-60-76(81)94-73(65-88-75(80)59-52-45-38-33-32-36-43-50-57-70(6)7)67-92-96(85,86)90-63-71(78)62-89-95(83,84)91-66-72(93-77(82)61-54-47-40-31-26-21-19-23-28-35-42-49-56-69(4)5)64-87-74(79)58-51-44-37-29-24-20-18-22-27-34-41-48-55-68(2)3/h68-73,78H,8-67H2,1-7H3,(H,83,84)(H,85,86)/t71-,72-,73-/m1/s1. The summed E-state index contributed by atoms with van der Waals surface area (Å²) in [4.78, 5) is 72.9. The van der Waals surface area contributed by atoms with Crippen molar-refractivity contribution in [2.45, 2.75) is 414 Å². The molecule has 5 atom stereocenters. The third kappa shape index (κ3) is 70.5. The number of phosphoric ester groups is 2. The molecule has 0 rings (SSSR count). The van der Waals surface area contributed by atoms with E-state index in [1.807, 2.05) is 0 Å². The first-order valence-corrected chi connectivity index (χ1v) is 42.8. The van der Waals surface area contributed by atoms with Gasteiger partial charge in [0.2, 0.25) is 0 Å². The van der Waals surface area contributed by atoms with Crippen molar-refractivity contribution in [3.63, 3.8) is 0 Å². The van der Waals surface area contributed by atoms with Gasteiger partial charge in [0.1, 0.15) is 19.3 Å². The Bertz CT molecular complexity index is 1870. The number of aliphatic hydroxyl groups excluding tert-OH is 1. The van der Waals surface area contributed by atoms with Crippen LogP contribution in [0.4, 0.5) is 0 Å². The Kier molecular flexibility index (Phi) is 66.2. The lowest BCUT2D eigenvalue weighted by Gasteiger charge is -2.21. The average molecular weight is 1410 g/mol. The molecule has 0 fully saturated rings. The maximum atomic E-state index is 13.1. The van der Waals surface area contributed by atoms with Crippen molar-refractivity contribution in [1.29, 1.82) is 0 Å². The van der Waals surface area contributed by atoms with E-state index in [9.17, 15) is 43.2 Å². The molecular weight excluding hydrogens is 1260 g/mol. The first-order chi connectivity index (χ1) is 46.2. The van der Waals surface area contributed by atoms with Crippen molar-refractivity contribution in [1.82, 2.24) is 0 Å². The third-order valence-corrected chi connectivity index (χ3v) is 19.8. The van der Waals surface area contributed by atoms with Crippen molar-refractivity contribution in [3.8, 4) is 0 Å². The van der Waals surface area contributed by atoms with Crippen LogP contribution >= 0.6 is 15.6 Å². The van der Waals surface area contributed by atoms with Crippen LogP contribution < -0.4 is 0 Å². The Labute approximate surface area is 588 Å². The summed E-state index contributed by atoms with van der Waals surface area (Å²) in [7, 11) is -9.91. The van der Waals surface area contributed by atoms with E-state index in [1.165, 1.54) is 205 Å². The van der Waals surface area contributed by atoms with Gasteiger partial charge in [-0.3, -0.25) is 37.3 Å². The van der Waals surface area contributed by atoms with Crippen LogP contribution in [0.1, 0.15) is 395 Å². The molecule has 0 radical (unpaired) electrons. The minimum Gasteiger partial charge on any atom is -0.462 e. The van der Waals surface area contributed by atoms with Gasteiger partial charge in [0.15, 0.2) is 12.2 Å². The summed E-state index contributed by atoms with van der Waals surface area (Å²) in [6.07, 6.45) is 54.0. The highest BCUT2D eigenvalue weighted by molar-refractivity contribution is 7.47. The Hall–Kier alpha value is -1.94. The third-order valence-electron chi connectivity index (χ3n) is 17.9. The van der Waals surface area contributed by atoms with Gasteiger partial charge in [-0.05, 0) is 43.4 Å². The van der Waals surface area contributed by atoms with Gasteiger partial charge in [-0.1, -0.05) is 344 Å². The fourth-order valence-electron chi connectivity index (χ4n) is 11.8. The molecule has 19 heteroatoms. The molecule has 0 aromatic carbocycles. The van der Waals surface area contributed by atoms with Gasteiger partial charge in [0.05, 0.1) is 26.4 Å². The number of rotatable bonds is 75. The number of hydrogen-bond acceptors (Lipinski definition) is 15. The smallest absolute Gasteiger partial charge is 0.462 e. The molecule has 0 aliphatic heterocycles. The molecule has 0 heterocycles. The van der Waals surface area contributed by atoms with Crippen molar-refractivity contribution >= 4 is 39.5 Å². The zero-order chi connectivity index (χ0) is 70.9. The number of aliphatic hydroxyl groups is 1. The van der Waals surface area contributed by atoms with Gasteiger partial charge in [0, 0.05) is 25.7 Å². The fraction of sp³-hybridized carbons (Fsp3) is 0.948. The Morgan fingerprint density at radius 2 is 0.479 bits per heavy atom. The van der Waals surface area contributed by atoms with E-state index in [-0.39, 0.29) is 25.7 Å². The highest BCUT2D eigenvalue weighted by Gasteiger charge is 2.30. The molecule has 0 saturated carbocycles. The lowest BCUT2D eigenvalue weighted by molar-refractivity contribution is -0.161. The van der Waals surface area contributed by atoms with Gasteiger partial charge >= 0.3 is 39.5 Å². The predicted octanol–water partition coefficient (Wildman–Crippen LogP) is 22.6. The van der Waals surface area contributed by atoms with Crippen LogP contribution in [0, 0.1) is 17.8 Å². The first-order valence-electron chi connectivity index (χ1n) is 39.8. The van der Waals surface area contributed by atoms with Crippen molar-refractivity contribution in [2.75, 3.05) is 39.6 Å². The Balaban J connectivity index is 5.26. The number of ether oxygens (including phenoxy) is 4. The fourth-order valence-corrected chi connectivity index (χ4v) is 13.4. The maximum absolute atomic E-state index is 13.1. The molecule has 0 aromatic rings. The van der Waals surface area contributed by atoms with E-state index in [0.717, 1.165) is 108 Å². The second-order valence-electron chi connectivity index (χ2n) is 29.2. The lowest BCUT2D eigenvalue weighted by Crippen LogP contribution is -2.30. The van der Waals surface area contributed by atoms with Crippen LogP contribution in [0.25, 0.3) is 0 Å². The number of carbonyl (C=O) groups excluding carboxylic acids is 4. The monoisotopic (exact) mass is 1410 g/mol. The van der Waals surface area contributed by atoms with Crippen LogP contribution in [-0.4, -0.2) is 96.7 Å². The van der Waals surface area contributed by atoms with Crippen LogP contribution in [0.15, 0.2) is 0 Å². The molecule has 0 aliphatic carbocycles. The van der Waals surface area contributed by atoms with Crippen molar-refractivity contribution < 1.29 is 80.2 Å². The summed E-state index contributed by atoms with van der Waals surface area (Å²) in [5, 5.41) is 10.6. The van der Waals surface area contributed by atoms with E-state index in [2.05, 4.69) is 48.5 Å². The zero-order valence-corrected chi connectivity index (χ0v) is 64.6. The summed E-state index contributed by atoms with van der Waals surface area (Å²) in [5.74, 6) is 0.170. The largest absolute Gasteiger partial charge is 0.472 e. The summed E-state index contributed by atoms with van der Waals surface area (Å²) in [6.45, 7) is 11.9. The van der Waals surface area contributed by atoms with Crippen LogP contribution in [0.2, 0.25) is 0 Å². The number of carbonyl (C=O) groups is 4. The molecule has 0 aliphatic rings. The van der Waals surface area contributed by atoms with E-state index < -0.39 is 97.5 Å². The topological polar surface area (TPSA) is 237 Å². The highest BCUT2D eigenvalue weighted by Crippen LogP contribution is 2.45.